The molecule has 4 heteroatoms. The number of nitrogens with one attached hydrogen (secondary N) is 1. The van der Waals surface area contributed by atoms with E-state index in [1.165, 1.54) is 5.69 Å². The first-order chi connectivity index (χ1) is 7.95. The first-order valence-electron chi connectivity index (χ1n) is 5.60. The summed E-state index contributed by atoms with van der Waals surface area (Å²) in [6.07, 6.45) is 3.50. The fraction of sp³-hybridized carbons (Fsp3) is 0.333. The van der Waals surface area contributed by atoms with E-state index in [1.54, 1.807) is 12.4 Å². The molecule has 2 aromatic rings. The summed E-state index contributed by atoms with van der Waals surface area (Å²) < 4.78 is 0. The Bertz CT molecular complexity index is 486. The van der Waals surface area contributed by atoms with Gasteiger partial charge < -0.3 is 10.2 Å². The molecule has 1 aliphatic rings. The third-order valence-electron chi connectivity index (χ3n) is 2.94. The molecule has 0 atom stereocenters. The summed E-state index contributed by atoms with van der Waals surface area (Å²) in [6.45, 7) is 4.15. The third kappa shape index (κ3) is 1.61. The Morgan fingerprint density at radius 3 is 2.75 bits per heavy atom. The molecule has 1 N–H and O–H groups in total. The molecule has 0 amide bonds. The zero-order valence-electron chi connectivity index (χ0n) is 9.06. The summed E-state index contributed by atoms with van der Waals surface area (Å²) in [5, 5.41) is 3.35. The lowest BCUT2D eigenvalue weighted by Crippen LogP contribution is -2.43. The maximum Gasteiger partial charge on any atom is 0.112 e. The van der Waals surface area contributed by atoms with Crippen molar-refractivity contribution in [3.05, 3.63) is 30.6 Å². The van der Waals surface area contributed by atoms with Crippen molar-refractivity contribution in [2.45, 2.75) is 0 Å². The van der Waals surface area contributed by atoms with Crippen LogP contribution in [0, 0.1) is 0 Å². The highest BCUT2D eigenvalue weighted by Gasteiger charge is 2.13. The lowest BCUT2D eigenvalue weighted by Gasteiger charge is -2.29. The van der Waals surface area contributed by atoms with E-state index in [2.05, 4.69) is 26.3 Å². The van der Waals surface area contributed by atoms with E-state index in [-0.39, 0.29) is 0 Å². The normalized spacial score (nSPS) is 16.6. The largest absolute Gasteiger partial charge is 0.367 e. The molecule has 0 unspecified atom stereocenters. The molecule has 16 heavy (non-hydrogen) atoms. The maximum absolute atomic E-state index is 4.43. The van der Waals surface area contributed by atoms with Gasteiger partial charge in [-0.25, -0.2) is 0 Å². The van der Waals surface area contributed by atoms with Gasteiger partial charge >= 0.3 is 0 Å². The van der Waals surface area contributed by atoms with Crippen molar-refractivity contribution in [3.63, 3.8) is 0 Å². The molecule has 0 aliphatic carbocycles. The lowest BCUT2D eigenvalue weighted by molar-refractivity contribution is 0.590. The molecular weight excluding hydrogens is 200 g/mol. The van der Waals surface area contributed by atoms with Crippen LogP contribution >= 0.6 is 0 Å². The SMILES string of the molecule is c1cc(N2CCNCC2)c2nccnc2c1. The first-order valence-corrected chi connectivity index (χ1v) is 5.60. The van der Waals surface area contributed by atoms with Crippen LogP contribution in [0.4, 0.5) is 5.69 Å². The fourth-order valence-corrected chi connectivity index (χ4v) is 2.14. The highest BCUT2D eigenvalue weighted by molar-refractivity contribution is 5.87. The smallest absolute Gasteiger partial charge is 0.112 e. The third-order valence-corrected chi connectivity index (χ3v) is 2.94. The summed E-state index contributed by atoms with van der Waals surface area (Å²) in [5.74, 6) is 0. The lowest BCUT2D eigenvalue weighted by atomic mass is 10.2. The zero-order valence-corrected chi connectivity index (χ0v) is 9.06. The molecule has 1 aromatic heterocycles. The average Bonchev–Trinajstić information content (AvgIpc) is 2.39. The minimum absolute atomic E-state index is 0.971. The fourth-order valence-electron chi connectivity index (χ4n) is 2.14. The number of benzene rings is 1. The Hall–Kier alpha value is -1.68. The van der Waals surface area contributed by atoms with Crippen molar-refractivity contribution >= 4 is 16.7 Å². The molecule has 1 aliphatic heterocycles. The number of piperazine rings is 1. The van der Waals surface area contributed by atoms with E-state index in [0.29, 0.717) is 0 Å². The second-order valence-electron chi connectivity index (χ2n) is 3.94. The van der Waals surface area contributed by atoms with Crippen molar-refractivity contribution in [2.24, 2.45) is 0 Å². The summed E-state index contributed by atoms with van der Waals surface area (Å²) in [5.41, 5.74) is 3.18. The summed E-state index contributed by atoms with van der Waals surface area (Å²) >= 11 is 0. The predicted octanol–water partition coefficient (Wildman–Crippen LogP) is 1.04. The van der Waals surface area contributed by atoms with Crippen LogP contribution in [-0.4, -0.2) is 36.1 Å². The molecule has 1 fully saturated rings. The first kappa shape index (κ1) is 9.54. The number of fused-ring (bicyclic) bond motifs is 1. The zero-order chi connectivity index (χ0) is 10.8. The van der Waals surface area contributed by atoms with Crippen molar-refractivity contribution < 1.29 is 0 Å². The Balaban J connectivity index is 2.08. The quantitative estimate of drug-likeness (QED) is 0.770. The Morgan fingerprint density at radius 1 is 1.06 bits per heavy atom. The van der Waals surface area contributed by atoms with Gasteiger partial charge in [-0.1, -0.05) is 6.07 Å². The van der Waals surface area contributed by atoms with Gasteiger partial charge in [0.2, 0.25) is 0 Å². The molecular formula is C12H14N4. The topological polar surface area (TPSA) is 41.0 Å². The number of aromatic nitrogens is 2. The van der Waals surface area contributed by atoms with E-state index < -0.39 is 0 Å². The Kier molecular flexibility index (Phi) is 2.42. The number of rotatable bonds is 1. The minimum Gasteiger partial charge on any atom is -0.367 e. The van der Waals surface area contributed by atoms with Crippen LogP contribution in [0.2, 0.25) is 0 Å². The monoisotopic (exact) mass is 214 g/mol. The molecule has 0 saturated carbocycles. The Labute approximate surface area is 94.3 Å². The van der Waals surface area contributed by atoms with Crippen LogP contribution in [0.5, 0.6) is 0 Å². The van der Waals surface area contributed by atoms with Crippen LogP contribution in [0.15, 0.2) is 30.6 Å². The summed E-state index contributed by atoms with van der Waals surface area (Å²) in [4.78, 5) is 11.1. The van der Waals surface area contributed by atoms with Gasteiger partial charge in [0.1, 0.15) is 5.52 Å². The van der Waals surface area contributed by atoms with E-state index in [1.807, 2.05) is 12.1 Å². The van der Waals surface area contributed by atoms with Gasteiger partial charge in [-0.15, -0.1) is 0 Å². The highest BCUT2D eigenvalue weighted by atomic mass is 15.2. The van der Waals surface area contributed by atoms with Gasteiger partial charge in [-0.3, -0.25) is 9.97 Å². The molecule has 2 heterocycles. The molecule has 4 nitrogen and oxygen atoms in total. The molecule has 0 spiro atoms. The van der Waals surface area contributed by atoms with E-state index in [4.69, 9.17) is 0 Å². The second-order valence-corrected chi connectivity index (χ2v) is 3.94. The average molecular weight is 214 g/mol. The Morgan fingerprint density at radius 2 is 1.88 bits per heavy atom. The van der Waals surface area contributed by atoms with E-state index in [0.717, 1.165) is 37.2 Å². The molecule has 1 saturated heterocycles. The van der Waals surface area contributed by atoms with Gasteiger partial charge in [-0.05, 0) is 12.1 Å². The van der Waals surface area contributed by atoms with Crippen LogP contribution in [0.3, 0.4) is 0 Å². The molecule has 0 bridgehead atoms. The van der Waals surface area contributed by atoms with E-state index in [9.17, 15) is 0 Å². The van der Waals surface area contributed by atoms with Gasteiger partial charge in [0, 0.05) is 38.6 Å². The number of hydrogen-bond acceptors (Lipinski definition) is 4. The minimum atomic E-state index is 0.971. The van der Waals surface area contributed by atoms with E-state index >= 15 is 0 Å². The molecule has 1 aromatic carbocycles. The van der Waals surface area contributed by atoms with Crippen molar-refractivity contribution in [2.75, 3.05) is 31.1 Å². The van der Waals surface area contributed by atoms with Crippen LogP contribution in [0.25, 0.3) is 11.0 Å². The molecule has 82 valence electrons. The van der Waals surface area contributed by atoms with Gasteiger partial charge in [-0.2, -0.15) is 0 Å². The summed E-state index contributed by atoms with van der Waals surface area (Å²) in [6, 6.07) is 6.19. The number of anilines is 1. The van der Waals surface area contributed by atoms with Crippen molar-refractivity contribution in [1.82, 2.24) is 15.3 Å². The standard InChI is InChI=1S/C12H14N4/c1-2-10-12(15-5-4-14-10)11(3-1)16-8-6-13-7-9-16/h1-5,13H,6-9H2. The van der Waals surface area contributed by atoms with Crippen molar-refractivity contribution in [3.8, 4) is 0 Å². The highest BCUT2D eigenvalue weighted by Crippen LogP contribution is 2.23. The number of hydrogen-bond donors (Lipinski definition) is 1. The predicted molar refractivity (Wildman–Crippen MR) is 64.6 cm³/mol. The van der Waals surface area contributed by atoms with Gasteiger partial charge in [0.15, 0.2) is 0 Å². The number of nitrogens with zero attached hydrogens (tertiary/aromatic N) is 3. The second kappa shape index (κ2) is 4.06. The molecule has 0 radical (unpaired) electrons. The van der Waals surface area contributed by atoms with Crippen LogP contribution in [0.1, 0.15) is 0 Å². The van der Waals surface area contributed by atoms with Crippen LogP contribution in [-0.2, 0) is 0 Å². The van der Waals surface area contributed by atoms with Crippen LogP contribution < -0.4 is 10.2 Å². The number of para-hydroxylation sites is 1. The maximum atomic E-state index is 4.43. The van der Waals surface area contributed by atoms with Crippen molar-refractivity contribution in [1.29, 1.82) is 0 Å². The van der Waals surface area contributed by atoms with Gasteiger partial charge in [0.25, 0.3) is 0 Å². The molecule has 3 rings (SSSR count). The van der Waals surface area contributed by atoms with Gasteiger partial charge in [0.05, 0.1) is 11.2 Å². The summed E-state index contributed by atoms with van der Waals surface area (Å²) in [7, 11) is 0.